The third-order valence-corrected chi connectivity index (χ3v) is 2.95. The van der Waals surface area contributed by atoms with E-state index in [1.807, 2.05) is 11.9 Å². The number of hydrogen-bond acceptors (Lipinski definition) is 3. The highest BCUT2D eigenvalue weighted by atomic mass is 127. The van der Waals surface area contributed by atoms with Gasteiger partial charge < -0.3 is 15.0 Å². The van der Waals surface area contributed by atoms with Gasteiger partial charge in [0.15, 0.2) is 5.96 Å². The van der Waals surface area contributed by atoms with Crippen LogP contribution in [0, 0.1) is 6.92 Å². The van der Waals surface area contributed by atoms with Gasteiger partial charge >= 0.3 is 5.97 Å². The molecule has 0 saturated carbocycles. The van der Waals surface area contributed by atoms with E-state index < -0.39 is 0 Å². The highest BCUT2D eigenvalue weighted by Gasteiger charge is 2.07. The first-order chi connectivity index (χ1) is 9.56. The summed E-state index contributed by atoms with van der Waals surface area (Å²) in [7, 11) is 5.08. The second-order valence-corrected chi connectivity index (χ2v) is 4.64. The molecule has 0 spiro atoms. The quantitative estimate of drug-likeness (QED) is 0.353. The van der Waals surface area contributed by atoms with Crippen molar-refractivity contribution < 1.29 is 9.53 Å². The molecule has 118 valence electrons. The zero-order valence-electron chi connectivity index (χ0n) is 13.0. The second kappa shape index (κ2) is 10.4. The number of nitrogens with one attached hydrogen (secondary N) is 1. The summed E-state index contributed by atoms with van der Waals surface area (Å²) in [5.41, 5.74) is 2.46. The number of esters is 1. The predicted octanol–water partition coefficient (Wildman–Crippen LogP) is 2.18. The number of hydrogen-bond donors (Lipinski definition) is 1. The number of nitrogens with zero attached hydrogens (tertiary/aromatic N) is 2. The van der Waals surface area contributed by atoms with Gasteiger partial charge in [-0.1, -0.05) is 29.8 Å². The normalized spacial score (nSPS) is 10.6. The van der Waals surface area contributed by atoms with E-state index in [4.69, 9.17) is 0 Å². The van der Waals surface area contributed by atoms with E-state index in [9.17, 15) is 4.79 Å². The molecule has 0 bridgehead atoms. The Balaban J connectivity index is 0.00000400. The van der Waals surface area contributed by atoms with Crippen molar-refractivity contribution in [1.29, 1.82) is 0 Å². The van der Waals surface area contributed by atoms with Crippen LogP contribution >= 0.6 is 24.0 Å². The first-order valence-electron chi connectivity index (χ1n) is 6.61. The van der Waals surface area contributed by atoms with Gasteiger partial charge in [0.05, 0.1) is 13.5 Å². The molecular formula is C15H24IN3O2. The van der Waals surface area contributed by atoms with Crippen molar-refractivity contribution in [3.63, 3.8) is 0 Å². The van der Waals surface area contributed by atoms with Crippen LogP contribution in [0.3, 0.4) is 0 Å². The van der Waals surface area contributed by atoms with Gasteiger partial charge in [0.2, 0.25) is 0 Å². The summed E-state index contributed by atoms with van der Waals surface area (Å²) < 4.78 is 4.60. The topological polar surface area (TPSA) is 53.9 Å². The van der Waals surface area contributed by atoms with Gasteiger partial charge in [-0.15, -0.1) is 24.0 Å². The molecule has 1 rings (SSSR count). The molecule has 0 fully saturated rings. The van der Waals surface area contributed by atoms with E-state index in [0.717, 1.165) is 12.5 Å². The third kappa shape index (κ3) is 7.31. The molecule has 1 N–H and O–H groups in total. The van der Waals surface area contributed by atoms with Crippen molar-refractivity contribution in [2.75, 3.05) is 27.7 Å². The molecule has 0 aliphatic carbocycles. The Morgan fingerprint density at radius 2 is 1.95 bits per heavy atom. The first-order valence-corrected chi connectivity index (χ1v) is 6.61. The number of halogens is 1. The maximum atomic E-state index is 11.1. The molecule has 0 aliphatic rings. The summed E-state index contributed by atoms with van der Waals surface area (Å²) in [6.45, 7) is 3.34. The number of aliphatic imine (C=N–C) groups is 1. The minimum absolute atomic E-state index is 0. The fourth-order valence-corrected chi connectivity index (χ4v) is 1.81. The summed E-state index contributed by atoms with van der Waals surface area (Å²) in [4.78, 5) is 17.3. The van der Waals surface area contributed by atoms with Gasteiger partial charge in [-0.05, 0) is 12.5 Å². The number of carbonyl (C=O) groups is 1. The van der Waals surface area contributed by atoms with E-state index >= 15 is 0 Å². The molecule has 1 aromatic rings. The molecule has 0 amide bonds. The zero-order chi connectivity index (χ0) is 15.0. The Morgan fingerprint density at radius 3 is 2.48 bits per heavy atom. The maximum absolute atomic E-state index is 11.1. The fourth-order valence-electron chi connectivity index (χ4n) is 1.81. The van der Waals surface area contributed by atoms with Crippen LogP contribution in [0.1, 0.15) is 17.5 Å². The number of methoxy groups -OCH3 is 1. The number of carbonyl (C=O) groups excluding carboxylic acids is 1. The van der Waals surface area contributed by atoms with Crippen LogP contribution < -0.4 is 5.32 Å². The van der Waals surface area contributed by atoms with Crippen molar-refractivity contribution in [1.82, 2.24) is 10.2 Å². The van der Waals surface area contributed by atoms with Crippen molar-refractivity contribution in [3.05, 3.63) is 35.4 Å². The summed E-state index contributed by atoms with van der Waals surface area (Å²) in [6.07, 6.45) is 0.327. The largest absolute Gasteiger partial charge is 0.469 e. The van der Waals surface area contributed by atoms with Crippen LogP contribution in [0.4, 0.5) is 0 Å². The SMILES string of the molecule is CN=C(NCCC(=O)OC)N(C)Cc1ccc(C)cc1.I. The molecule has 0 heterocycles. The van der Waals surface area contributed by atoms with E-state index in [0.29, 0.717) is 13.0 Å². The van der Waals surface area contributed by atoms with Gasteiger partial charge in [-0.25, -0.2) is 0 Å². The second-order valence-electron chi connectivity index (χ2n) is 4.64. The molecule has 6 heteroatoms. The Labute approximate surface area is 143 Å². The lowest BCUT2D eigenvalue weighted by molar-refractivity contribution is -0.140. The number of rotatable bonds is 5. The lowest BCUT2D eigenvalue weighted by Gasteiger charge is -2.22. The molecule has 0 aromatic heterocycles. The molecule has 0 radical (unpaired) electrons. The van der Waals surface area contributed by atoms with Crippen molar-refractivity contribution in [3.8, 4) is 0 Å². The lowest BCUT2D eigenvalue weighted by atomic mass is 10.1. The van der Waals surface area contributed by atoms with Crippen molar-refractivity contribution in [2.24, 2.45) is 4.99 Å². The smallest absolute Gasteiger partial charge is 0.307 e. The Hall–Kier alpha value is -1.31. The van der Waals surface area contributed by atoms with E-state index in [2.05, 4.69) is 46.2 Å². The van der Waals surface area contributed by atoms with Gasteiger partial charge in [0.25, 0.3) is 0 Å². The first kappa shape index (κ1) is 19.7. The monoisotopic (exact) mass is 405 g/mol. The van der Waals surface area contributed by atoms with Crippen LogP contribution in [0.15, 0.2) is 29.3 Å². The predicted molar refractivity (Wildman–Crippen MR) is 96.1 cm³/mol. The average Bonchev–Trinajstić information content (AvgIpc) is 2.45. The fraction of sp³-hybridized carbons (Fsp3) is 0.467. The van der Waals surface area contributed by atoms with Crippen LogP contribution in [-0.2, 0) is 16.1 Å². The van der Waals surface area contributed by atoms with Crippen LogP contribution in [0.25, 0.3) is 0 Å². The molecule has 0 unspecified atom stereocenters. The molecule has 0 saturated heterocycles. The Bertz CT molecular complexity index is 460. The molecular weight excluding hydrogens is 381 g/mol. The Kier molecular flexibility index (Phi) is 9.77. The van der Waals surface area contributed by atoms with Crippen molar-refractivity contribution in [2.45, 2.75) is 19.9 Å². The van der Waals surface area contributed by atoms with Gasteiger partial charge in [-0.2, -0.15) is 0 Å². The molecule has 0 atom stereocenters. The van der Waals surface area contributed by atoms with E-state index in [1.165, 1.54) is 18.2 Å². The van der Waals surface area contributed by atoms with Crippen LogP contribution in [0.2, 0.25) is 0 Å². The molecule has 0 aliphatic heterocycles. The summed E-state index contributed by atoms with van der Waals surface area (Å²) in [5.74, 6) is 0.531. The third-order valence-electron chi connectivity index (χ3n) is 2.95. The van der Waals surface area contributed by atoms with Gasteiger partial charge in [-0.3, -0.25) is 9.79 Å². The average molecular weight is 405 g/mol. The standard InChI is InChI=1S/C15H23N3O2.HI/c1-12-5-7-13(8-6-12)11-18(3)15(16-2)17-10-9-14(19)20-4;/h5-8H,9-11H2,1-4H3,(H,16,17);1H. The number of aryl methyl sites for hydroxylation is 1. The number of guanidine groups is 1. The molecule has 1 aromatic carbocycles. The highest BCUT2D eigenvalue weighted by molar-refractivity contribution is 14.0. The van der Waals surface area contributed by atoms with Crippen LogP contribution in [0.5, 0.6) is 0 Å². The van der Waals surface area contributed by atoms with Gasteiger partial charge in [0.1, 0.15) is 0 Å². The van der Waals surface area contributed by atoms with Crippen molar-refractivity contribution >= 4 is 35.9 Å². The highest BCUT2D eigenvalue weighted by Crippen LogP contribution is 2.05. The minimum atomic E-state index is -0.228. The zero-order valence-corrected chi connectivity index (χ0v) is 15.4. The lowest BCUT2D eigenvalue weighted by Crippen LogP contribution is -2.39. The Morgan fingerprint density at radius 1 is 1.33 bits per heavy atom. The van der Waals surface area contributed by atoms with Gasteiger partial charge in [0, 0.05) is 27.2 Å². The maximum Gasteiger partial charge on any atom is 0.307 e. The summed E-state index contributed by atoms with van der Waals surface area (Å²) >= 11 is 0. The number of ether oxygens (including phenoxy) is 1. The molecule has 5 nitrogen and oxygen atoms in total. The number of benzene rings is 1. The summed E-state index contributed by atoms with van der Waals surface area (Å²) in [5, 5.41) is 3.14. The van der Waals surface area contributed by atoms with E-state index in [1.54, 1.807) is 7.05 Å². The van der Waals surface area contributed by atoms with E-state index in [-0.39, 0.29) is 29.9 Å². The molecule has 21 heavy (non-hydrogen) atoms. The minimum Gasteiger partial charge on any atom is -0.469 e. The summed E-state index contributed by atoms with van der Waals surface area (Å²) in [6, 6.07) is 8.40. The van der Waals surface area contributed by atoms with Crippen LogP contribution in [-0.4, -0.2) is 44.6 Å².